The summed E-state index contributed by atoms with van der Waals surface area (Å²) in [5.41, 5.74) is 2.47. The van der Waals surface area contributed by atoms with E-state index in [9.17, 15) is 9.18 Å². The highest BCUT2D eigenvalue weighted by atomic mass is 19.1. The zero-order valence-electron chi connectivity index (χ0n) is 13.2. The summed E-state index contributed by atoms with van der Waals surface area (Å²) in [4.78, 5) is 20.6. The molecule has 2 heterocycles. The van der Waals surface area contributed by atoms with Crippen LogP contribution in [0.4, 0.5) is 4.39 Å². The van der Waals surface area contributed by atoms with Crippen LogP contribution in [0.1, 0.15) is 33.1 Å². The van der Waals surface area contributed by atoms with Crippen LogP contribution in [0.15, 0.2) is 24.3 Å². The Morgan fingerprint density at radius 2 is 2.08 bits per heavy atom. The summed E-state index contributed by atoms with van der Waals surface area (Å²) < 4.78 is 14.8. The van der Waals surface area contributed by atoms with E-state index in [-0.39, 0.29) is 17.9 Å². The van der Waals surface area contributed by atoms with Gasteiger partial charge in [0.15, 0.2) is 0 Å². The van der Waals surface area contributed by atoms with E-state index in [1.165, 1.54) is 16.6 Å². The average molecular weight is 329 g/mol. The highest BCUT2D eigenvalue weighted by molar-refractivity contribution is 5.90. The Bertz CT molecular complexity index is 922. The van der Waals surface area contributed by atoms with Crippen molar-refractivity contribution < 1.29 is 14.3 Å². The minimum atomic E-state index is -0.480. The Morgan fingerprint density at radius 3 is 2.83 bits per heavy atom. The molecule has 8 heteroatoms. The van der Waals surface area contributed by atoms with Crippen LogP contribution in [0.3, 0.4) is 0 Å². The fraction of sp³-hybridized carbons (Fsp3) is 0.250. The number of carbonyl (C=O) groups is 1. The van der Waals surface area contributed by atoms with Gasteiger partial charge in [-0.25, -0.2) is 13.9 Å². The first kappa shape index (κ1) is 16.0. The number of hydrogen-bond donors (Lipinski definition) is 2. The van der Waals surface area contributed by atoms with Gasteiger partial charge >= 0.3 is 0 Å². The first-order valence-electron chi connectivity index (χ1n) is 7.35. The lowest BCUT2D eigenvalue weighted by molar-refractivity contribution is 0.0940. The summed E-state index contributed by atoms with van der Waals surface area (Å²) >= 11 is 0. The molecule has 1 aromatic carbocycles. The van der Waals surface area contributed by atoms with Crippen molar-refractivity contribution in [3.63, 3.8) is 0 Å². The Balaban J connectivity index is 1.77. The van der Waals surface area contributed by atoms with E-state index in [2.05, 4.69) is 20.4 Å². The lowest BCUT2D eigenvalue weighted by atomic mass is 10.1. The highest BCUT2D eigenvalue weighted by Crippen LogP contribution is 2.11. The second kappa shape index (κ2) is 6.32. The zero-order valence-corrected chi connectivity index (χ0v) is 13.2. The fourth-order valence-corrected chi connectivity index (χ4v) is 2.38. The number of aryl methyl sites for hydroxylation is 2. The summed E-state index contributed by atoms with van der Waals surface area (Å²) in [5.74, 6) is -0.554. The van der Waals surface area contributed by atoms with Crippen LogP contribution in [0, 0.1) is 19.7 Å². The number of aromatic nitrogens is 4. The lowest BCUT2D eigenvalue weighted by Gasteiger charge is -2.05. The molecule has 1 amide bonds. The lowest BCUT2D eigenvalue weighted by Crippen LogP contribution is -2.24. The van der Waals surface area contributed by atoms with Crippen molar-refractivity contribution in [2.24, 2.45) is 0 Å². The molecule has 2 N–H and O–H groups in total. The molecule has 0 aliphatic carbocycles. The van der Waals surface area contributed by atoms with Gasteiger partial charge in [0.25, 0.3) is 11.7 Å². The Labute approximate surface area is 137 Å². The standard InChI is InChI=1S/C16H16FN5O2/c1-9-5-10(2)22-16(19-9)20-14(21-22)15(24)18-7-11-3-4-13(17)12(6-11)8-23/h3-6,23H,7-8H2,1-2H3,(H,18,24). The third kappa shape index (κ3) is 3.09. The molecular formula is C16H16FN5O2. The maximum absolute atomic E-state index is 13.3. The zero-order chi connectivity index (χ0) is 17.3. The molecule has 2 aromatic heterocycles. The summed E-state index contributed by atoms with van der Waals surface area (Å²) in [6.45, 7) is 3.47. The summed E-state index contributed by atoms with van der Waals surface area (Å²) in [6, 6.07) is 6.15. The first-order valence-corrected chi connectivity index (χ1v) is 7.35. The smallest absolute Gasteiger partial charge is 0.291 e. The van der Waals surface area contributed by atoms with E-state index < -0.39 is 18.3 Å². The molecule has 24 heavy (non-hydrogen) atoms. The van der Waals surface area contributed by atoms with Gasteiger partial charge in [-0.2, -0.15) is 4.98 Å². The van der Waals surface area contributed by atoms with Gasteiger partial charge in [-0.1, -0.05) is 6.07 Å². The van der Waals surface area contributed by atoms with Crippen molar-refractivity contribution in [3.05, 3.63) is 58.4 Å². The van der Waals surface area contributed by atoms with Crippen molar-refractivity contribution in [1.29, 1.82) is 0 Å². The molecule has 3 rings (SSSR count). The molecular weight excluding hydrogens is 313 g/mol. The number of benzene rings is 1. The van der Waals surface area contributed by atoms with E-state index in [0.717, 1.165) is 11.4 Å². The van der Waals surface area contributed by atoms with Crippen LogP contribution in [0.5, 0.6) is 0 Å². The number of aliphatic hydroxyl groups excluding tert-OH is 1. The molecule has 124 valence electrons. The van der Waals surface area contributed by atoms with Crippen LogP contribution in [0.2, 0.25) is 0 Å². The van der Waals surface area contributed by atoms with Crippen molar-refractivity contribution >= 4 is 11.7 Å². The molecule has 0 radical (unpaired) electrons. The Morgan fingerprint density at radius 1 is 1.29 bits per heavy atom. The molecule has 0 spiro atoms. The fourth-order valence-electron chi connectivity index (χ4n) is 2.38. The van der Waals surface area contributed by atoms with E-state index in [1.54, 1.807) is 6.07 Å². The maximum Gasteiger partial charge on any atom is 0.291 e. The molecule has 7 nitrogen and oxygen atoms in total. The van der Waals surface area contributed by atoms with Gasteiger partial charge in [0.1, 0.15) is 5.82 Å². The Hall–Kier alpha value is -2.87. The topological polar surface area (TPSA) is 92.4 Å². The number of amides is 1. The quantitative estimate of drug-likeness (QED) is 0.753. The minimum Gasteiger partial charge on any atom is -0.392 e. The van der Waals surface area contributed by atoms with Crippen LogP contribution in [-0.4, -0.2) is 30.6 Å². The van der Waals surface area contributed by atoms with Crippen molar-refractivity contribution in [2.45, 2.75) is 27.0 Å². The number of aliphatic hydroxyl groups is 1. The molecule has 3 aromatic rings. The van der Waals surface area contributed by atoms with Gasteiger partial charge in [-0.3, -0.25) is 4.79 Å². The first-order chi connectivity index (χ1) is 11.5. The summed E-state index contributed by atoms with van der Waals surface area (Å²) in [7, 11) is 0. The highest BCUT2D eigenvalue weighted by Gasteiger charge is 2.15. The van der Waals surface area contributed by atoms with Gasteiger partial charge in [-0.15, -0.1) is 5.10 Å². The molecule has 0 aliphatic heterocycles. The normalized spacial score (nSPS) is 11.0. The number of nitrogens with zero attached hydrogens (tertiary/aromatic N) is 4. The average Bonchev–Trinajstić information content (AvgIpc) is 2.98. The van der Waals surface area contributed by atoms with Crippen molar-refractivity contribution in [2.75, 3.05) is 0 Å². The van der Waals surface area contributed by atoms with Gasteiger partial charge in [0.05, 0.1) is 6.61 Å². The number of rotatable bonds is 4. The van der Waals surface area contributed by atoms with E-state index in [1.807, 2.05) is 19.9 Å². The predicted octanol–water partition coefficient (Wildman–Crippen LogP) is 1.30. The summed E-state index contributed by atoms with van der Waals surface area (Å²) in [5, 5.41) is 15.9. The third-order valence-electron chi connectivity index (χ3n) is 3.55. The Kier molecular flexibility index (Phi) is 4.22. The number of halogens is 1. The molecule has 0 fully saturated rings. The summed E-state index contributed by atoms with van der Waals surface area (Å²) in [6.07, 6.45) is 0. The number of carbonyl (C=O) groups excluding carboxylic acids is 1. The van der Waals surface area contributed by atoms with Crippen LogP contribution < -0.4 is 5.32 Å². The molecule has 0 unspecified atom stereocenters. The van der Waals surface area contributed by atoms with Gasteiger partial charge < -0.3 is 10.4 Å². The molecule has 0 saturated carbocycles. The van der Waals surface area contributed by atoms with Gasteiger partial charge in [0.2, 0.25) is 5.82 Å². The SMILES string of the molecule is Cc1cc(C)n2nc(C(=O)NCc3ccc(F)c(CO)c3)nc2n1. The van der Waals surface area contributed by atoms with Crippen LogP contribution in [-0.2, 0) is 13.2 Å². The number of fused-ring (bicyclic) bond motifs is 1. The molecule has 0 atom stereocenters. The van der Waals surface area contributed by atoms with Crippen LogP contribution >= 0.6 is 0 Å². The number of nitrogens with one attached hydrogen (secondary N) is 1. The predicted molar refractivity (Wildman–Crippen MR) is 83.7 cm³/mol. The minimum absolute atomic E-state index is 0.0145. The van der Waals surface area contributed by atoms with Gasteiger partial charge in [0, 0.05) is 23.5 Å². The largest absolute Gasteiger partial charge is 0.392 e. The molecule has 0 bridgehead atoms. The van der Waals surface area contributed by atoms with E-state index in [0.29, 0.717) is 11.3 Å². The second-order valence-corrected chi connectivity index (χ2v) is 5.45. The van der Waals surface area contributed by atoms with Crippen molar-refractivity contribution in [1.82, 2.24) is 24.9 Å². The third-order valence-corrected chi connectivity index (χ3v) is 3.55. The van der Waals surface area contributed by atoms with E-state index >= 15 is 0 Å². The monoisotopic (exact) mass is 329 g/mol. The van der Waals surface area contributed by atoms with Crippen molar-refractivity contribution in [3.8, 4) is 0 Å². The second-order valence-electron chi connectivity index (χ2n) is 5.45. The number of hydrogen-bond acceptors (Lipinski definition) is 5. The maximum atomic E-state index is 13.3. The van der Waals surface area contributed by atoms with Gasteiger partial charge in [-0.05, 0) is 37.6 Å². The van der Waals surface area contributed by atoms with Crippen LogP contribution in [0.25, 0.3) is 5.78 Å². The van der Waals surface area contributed by atoms with E-state index in [4.69, 9.17) is 5.11 Å². The molecule has 0 saturated heterocycles. The molecule has 0 aliphatic rings.